The van der Waals surface area contributed by atoms with E-state index in [0.717, 1.165) is 12.0 Å². The zero-order valence-corrected chi connectivity index (χ0v) is 12.5. The molecule has 0 amide bonds. The molecule has 20 heavy (non-hydrogen) atoms. The van der Waals surface area contributed by atoms with Crippen molar-refractivity contribution in [1.82, 2.24) is 0 Å². The van der Waals surface area contributed by atoms with Gasteiger partial charge in [0.2, 0.25) is 0 Å². The van der Waals surface area contributed by atoms with E-state index in [0.29, 0.717) is 5.92 Å². The van der Waals surface area contributed by atoms with Crippen LogP contribution in [-0.4, -0.2) is 23.7 Å². The number of hydrogen-bond donors (Lipinski definition) is 1. The standard InChI is InChI=1S/C16H22O4/c1-10(2)7-12-5-6-13(15(17)18)14(8-12)16(19)20-9-11(3)4/h5-6,8,10-11H,7,9H2,1-4H3,(H,17,18). The Kier molecular flexibility index (Phi) is 5.74. The number of carbonyl (C=O) groups is 2. The van der Waals surface area contributed by atoms with E-state index in [2.05, 4.69) is 13.8 Å². The lowest BCUT2D eigenvalue weighted by atomic mass is 9.98. The van der Waals surface area contributed by atoms with E-state index in [1.54, 1.807) is 12.1 Å². The van der Waals surface area contributed by atoms with Gasteiger partial charge in [0.15, 0.2) is 0 Å². The molecule has 0 saturated heterocycles. The molecule has 110 valence electrons. The van der Waals surface area contributed by atoms with Gasteiger partial charge in [-0.05, 0) is 36.0 Å². The summed E-state index contributed by atoms with van der Waals surface area (Å²) >= 11 is 0. The highest BCUT2D eigenvalue weighted by molar-refractivity contribution is 6.02. The fourth-order valence-corrected chi connectivity index (χ4v) is 1.87. The normalized spacial score (nSPS) is 10.9. The van der Waals surface area contributed by atoms with Crippen LogP contribution in [0.4, 0.5) is 0 Å². The van der Waals surface area contributed by atoms with Crippen molar-refractivity contribution in [1.29, 1.82) is 0 Å². The van der Waals surface area contributed by atoms with E-state index >= 15 is 0 Å². The SMILES string of the molecule is CC(C)COC(=O)c1cc(CC(C)C)ccc1C(=O)O. The highest BCUT2D eigenvalue weighted by Crippen LogP contribution is 2.17. The molecule has 0 atom stereocenters. The second-order valence-corrected chi connectivity index (χ2v) is 5.78. The number of ether oxygens (including phenoxy) is 1. The lowest BCUT2D eigenvalue weighted by molar-refractivity contribution is 0.0450. The Morgan fingerprint density at radius 3 is 2.25 bits per heavy atom. The molecule has 0 aliphatic carbocycles. The molecule has 0 aliphatic rings. The molecule has 4 nitrogen and oxygen atoms in total. The van der Waals surface area contributed by atoms with Crippen LogP contribution >= 0.6 is 0 Å². The summed E-state index contributed by atoms with van der Waals surface area (Å²) in [6.07, 6.45) is 0.796. The number of carbonyl (C=O) groups excluding carboxylic acids is 1. The summed E-state index contributed by atoms with van der Waals surface area (Å²) < 4.78 is 5.14. The number of aromatic carboxylic acids is 1. The Bertz CT molecular complexity index is 489. The van der Waals surface area contributed by atoms with E-state index in [1.807, 2.05) is 13.8 Å². The van der Waals surface area contributed by atoms with Crippen LogP contribution in [0.2, 0.25) is 0 Å². The topological polar surface area (TPSA) is 63.6 Å². The first kappa shape index (κ1) is 16.2. The maximum Gasteiger partial charge on any atom is 0.339 e. The molecule has 0 aromatic heterocycles. The molecule has 0 radical (unpaired) electrons. The van der Waals surface area contributed by atoms with Crippen molar-refractivity contribution < 1.29 is 19.4 Å². The van der Waals surface area contributed by atoms with E-state index in [-0.39, 0.29) is 23.7 Å². The molecular weight excluding hydrogens is 256 g/mol. The predicted molar refractivity (Wildman–Crippen MR) is 77.1 cm³/mol. The molecule has 1 rings (SSSR count). The third-order valence-electron chi connectivity index (χ3n) is 2.73. The van der Waals surface area contributed by atoms with Crippen LogP contribution in [0.25, 0.3) is 0 Å². The summed E-state index contributed by atoms with van der Waals surface area (Å²) in [4.78, 5) is 23.2. The summed E-state index contributed by atoms with van der Waals surface area (Å²) in [6, 6.07) is 4.86. The highest BCUT2D eigenvalue weighted by atomic mass is 16.5. The van der Waals surface area contributed by atoms with E-state index in [1.165, 1.54) is 6.07 Å². The molecule has 1 aromatic carbocycles. The summed E-state index contributed by atoms with van der Waals surface area (Å²) in [5.41, 5.74) is 1.07. The highest BCUT2D eigenvalue weighted by Gasteiger charge is 2.19. The van der Waals surface area contributed by atoms with Crippen LogP contribution in [0.5, 0.6) is 0 Å². The van der Waals surface area contributed by atoms with Gasteiger partial charge in [0.1, 0.15) is 0 Å². The monoisotopic (exact) mass is 278 g/mol. The minimum Gasteiger partial charge on any atom is -0.478 e. The van der Waals surface area contributed by atoms with Gasteiger partial charge >= 0.3 is 11.9 Å². The zero-order chi connectivity index (χ0) is 15.3. The molecule has 1 aromatic rings. The first-order valence-electron chi connectivity index (χ1n) is 6.84. The van der Waals surface area contributed by atoms with E-state index in [4.69, 9.17) is 9.84 Å². The number of benzene rings is 1. The van der Waals surface area contributed by atoms with E-state index < -0.39 is 11.9 Å². The molecule has 0 unspecified atom stereocenters. The molecule has 0 bridgehead atoms. The molecule has 0 spiro atoms. The number of esters is 1. The molecular formula is C16H22O4. The van der Waals surface area contributed by atoms with Gasteiger partial charge in [0, 0.05) is 0 Å². The van der Waals surface area contributed by atoms with Gasteiger partial charge in [0.25, 0.3) is 0 Å². The summed E-state index contributed by atoms with van der Waals surface area (Å²) in [7, 11) is 0. The molecule has 0 aliphatic heterocycles. The van der Waals surface area contributed by atoms with Gasteiger partial charge in [-0.25, -0.2) is 9.59 Å². The van der Waals surface area contributed by atoms with Crippen molar-refractivity contribution in [3.8, 4) is 0 Å². The van der Waals surface area contributed by atoms with Crippen molar-refractivity contribution in [3.05, 3.63) is 34.9 Å². The molecule has 4 heteroatoms. The predicted octanol–water partition coefficient (Wildman–Crippen LogP) is 3.40. The van der Waals surface area contributed by atoms with Gasteiger partial charge in [-0.1, -0.05) is 33.8 Å². The number of hydrogen-bond acceptors (Lipinski definition) is 3. The van der Waals surface area contributed by atoms with Crippen LogP contribution in [0.1, 0.15) is 54.0 Å². The summed E-state index contributed by atoms with van der Waals surface area (Å²) in [6.45, 7) is 8.29. The average molecular weight is 278 g/mol. The van der Waals surface area contributed by atoms with E-state index in [9.17, 15) is 9.59 Å². The minimum absolute atomic E-state index is 0.00809. The fourth-order valence-electron chi connectivity index (χ4n) is 1.87. The van der Waals surface area contributed by atoms with Crippen molar-refractivity contribution >= 4 is 11.9 Å². The van der Waals surface area contributed by atoms with Gasteiger partial charge < -0.3 is 9.84 Å². The van der Waals surface area contributed by atoms with Gasteiger partial charge in [-0.2, -0.15) is 0 Å². The average Bonchev–Trinajstić information content (AvgIpc) is 2.34. The van der Waals surface area contributed by atoms with Gasteiger partial charge in [0.05, 0.1) is 17.7 Å². The lowest BCUT2D eigenvalue weighted by Gasteiger charge is -2.11. The Hall–Kier alpha value is -1.84. The number of rotatable bonds is 6. The second-order valence-electron chi connectivity index (χ2n) is 5.78. The van der Waals surface area contributed by atoms with Crippen LogP contribution in [0.15, 0.2) is 18.2 Å². The second kappa shape index (κ2) is 7.08. The Morgan fingerprint density at radius 1 is 1.10 bits per heavy atom. The third kappa shape index (κ3) is 4.68. The maximum absolute atomic E-state index is 12.0. The van der Waals surface area contributed by atoms with Crippen LogP contribution in [0, 0.1) is 11.8 Å². The Balaban J connectivity index is 3.05. The number of carboxylic acid groups (broad SMARTS) is 1. The molecule has 0 heterocycles. The Labute approximate surface area is 119 Å². The van der Waals surface area contributed by atoms with Crippen LogP contribution in [0.3, 0.4) is 0 Å². The minimum atomic E-state index is -1.11. The van der Waals surface area contributed by atoms with Crippen LogP contribution < -0.4 is 0 Å². The molecule has 0 fully saturated rings. The third-order valence-corrected chi connectivity index (χ3v) is 2.73. The van der Waals surface area contributed by atoms with Gasteiger partial charge in [-0.3, -0.25) is 0 Å². The zero-order valence-electron chi connectivity index (χ0n) is 12.5. The first-order chi connectivity index (χ1) is 9.31. The van der Waals surface area contributed by atoms with Crippen molar-refractivity contribution in [2.24, 2.45) is 11.8 Å². The van der Waals surface area contributed by atoms with Gasteiger partial charge in [-0.15, -0.1) is 0 Å². The largest absolute Gasteiger partial charge is 0.478 e. The lowest BCUT2D eigenvalue weighted by Crippen LogP contribution is -2.15. The molecule has 1 N–H and O–H groups in total. The van der Waals surface area contributed by atoms with Crippen molar-refractivity contribution in [2.45, 2.75) is 34.1 Å². The fraction of sp³-hybridized carbons (Fsp3) is 0.500. The quantitative estimate of drug-likeness (QED) is 0.810. The van der Waals surface area contributed by atoms with Crippen molar-refractivity contribution in [2.75, 3.05) is 6.61 Å². The molecule has 0 saturated carbocycles. The summed E-state index contributed by atoms with van der Waals surface area (Å²) in [5, 5.41) is 9.16. The first-order valence-corrected chi connectivity index (χ1v) is 6.84. The van der Waals surface area contributed by atoms with Crippen LogP contribution in [-0.2, 0) is 11.2 Å². The number of carboxylic acids is 1. The smallest absolute Gasteiger partial charge is 0.339 e. The maximum atomic E-state index is 12.0. The van der Waals surface area contributed by atoms with Crippen molar-refractivity contribution in [3.63, 3.8) is 0 Å². The summed E-state index contributed by atoms with van der Waals surface area (Å²) in [5.74, 6) is -1.03. The Morgan fingerprint density at radius 2 is 1.75 bits per heavy atom.